The SMILES string of the molecule is Cc1cc(C[C@@H](OC(=O)N2CCC(N3CCc4ccccc4NC3=O)CC2)C(=O)N2CCC(N3CCOCC3)CC2)cc2ccc(=O)[nH]c12. The second kappa shape index (κ2) is 14.6. The first-order valence-electron chi connectivity index (χ1n) is 17.7. The van der Waals surface area contributed by atoms with Crippen molar-refractivity contribution in [2.75, 3.05) is 64.3 Å². The van der Waals surface area contributed by atoms with Crippen molar-refractivity contribution in [2.24, 2.45) is 0 Å². The standard InChI is InChI=1S/C37H46N6O6/c1-25-22-26(23-28-6-7-33(44)39-34(25)28)24-32(35(45)41-13-9-29(10-14-41)40-18-20-48-21-19-40)49-37(47)42-15-11-30(12-16-42)43-17-8-27-4-2-3-5-31(27)38-36(43)46/h2-7,22-23,29-30,32H,8-21,24H2,1H3,(H,38,46)(H,39,44)/t32-/m1/s1. The maximum absolute atomic E-state index is 14.1. The van der Waals surface area contributed by atoms with Crippen molar-refractivity contribution in [1.82, 2.24) is 24.6 Å². The molecule has 260 valence electrons. The van der Waals surface area contributed by atoms with E-state index in [1.165, 1.54) is 6.07 Å². The van der Waals surface area contributed by atoms with Gasteiger partial charge in [0.25, 0.3) is 5.91 Å². The molecule has 12 nitrogen and oxygen atoms in total. The van der Waals surface area contributed by atoms with Crippen molar-refractivity contribution in [2.45, 2.75) is 63.6 Å². The number of aromatic amines is 1. The number of urea groups is 1. The number of benzene rings is 2. The number of likely N-dealkylation sites (tertiary alicyclic amines) is 2. The molecule has 49 heavy (non-hydrogen) atoms. The second-order valence-corrected chi connectivity index (χ2v) is 13.7. The van der Waals surface area contributed by atoms with E-state index in [0.29, 0.717) is 51.6 Å². The van der Waals surface area contributed by atoms with Crippen LogP contribution in [0.1, 0.15) is 42.4 Å². The van der Waals surface area contributed by atoms with Crippen LogP contribution >= 0.6 is 0 Å². The average molecular weight is 671 g/mol. The van der Waals surface area contributed by atoms with Gasteiger partial charge < -0.3 is 34.5 Å². The van der Waals surface area contributed by atoms with E-state index in [1.807, 2.05) is 53.1 Å². The lowest BCUT2D eigenvalue weighted by atomic mass is 9.99. The molecule has 0 unspecified atom stereocenters. The largest absolute Gasteiger partial charge is 0.436 e. The highest BCUT2D eigenvalue weighted by molar-refractivity contribution is 5.91. The molecule has 4 amide bonds. The lowest BCUT2D eigenvalue weighted by molar-refractivity contribution is -0.142. The van der Waals surface area contributed by atoms with Crippen molar-refractivity contribution in [3.05, 3.63) is 75.6 Å². The quantitative estimate of drug-likeness (QED) is 0.409. The van der Waals surface area contributed by atoms with Crippen LogP contribution in [0.5, 0.6) is 0 Å². The summed E-state index contributed by atoms with van der Waals surface area (Å²) in [5.74, 6) is -0.177. The minimum absolute atomic E-state index is 0.00979. The molecular weight excluding hydrogens is 624 g/mol. The summed E-state index contributed by atoms with van der Waals surface area (Å²) in [4.78, 5) is 63.6. The number of carbonyl (C=O) groups is 3. The number of anilines is 1. The van der Waals surface area contributed by atoms with E-state index in [4.69, 9.17) is 9.47 Å². The summed E-state index contributed by atoms with van der Waals surface area (Å²) < 4.78 is 11.6. The summed E-state index contributed by atoms with van der Waals surface area (Å²) >= 11 is 0. The number of para-hydroxylation sites is 1. The second-order valence-electron chi connectivity index (χ2n) is 13.7. The summed E-state index contributed by atoms with van der Waals surface area (Å²) in [6.07, 6.45) is 2.52. The van der Waals surface area contributed by atoms with Gasteiger partial charge >= 0.3 is 12.1 Å². The monoisotopic (exact) mass is 670 g/mol. The maximum atomic E-state index is 14.1. The number of piperidine rings is 2. The predicted octanol–water partition coefficient (Wildman–Crippen LogP) is 3.76. The molecule has 2 aromatic carbocycles. The van der Waals surface area contributed by atoms with Crippen molar-refractivity contribution in [1.29, 1.82) is 0 Å². The Morgan fingerprint density at radius 2 is 1.59 bits per heavy atom. The smallest absolute Gasteiger partial charge is 0.410 e. The number of nitrogens with one attached hydrogen (secondary N) is 2. The highest BCUT2D eigenvalue weighted by Crippen LogP contribution is 2.26. The number of rotatable bonds is 6. The summed E-state index contributed by atoms with van der Waals surface area (Å²) in [7, 11) is 0. The Hall–Kier alpha value is -4.42. The van der Waals surface area contributed by atoms with Crippen LogP contribution in [0.4, 0.5) is 15.3 Å². The fourth-order valence-corrected chi connectivity index (χ4v) is 7.93. The number of fused-ring (bicyclic) bond motifs is 2. The number of ether oxygens (including phenoxy) is 2. The molecule has 3 saturated heterocycles. The Morgan fingerprint density at radius 3 is 2.37 bits per heavy atom. The van der Waals surface area contributed by atoms with Crippen LogP contribution in [0.25, 0.3) is 10.9 Å². The number of H-pyrrole nitrogens is 1. The zero-order valence-corrected chi connectivity index (χ0v) is 28.2. The van der Waals surface area contributed by atoms with E-state index >= 15 is 0 Å². The first-order chi connectivity index (χ1) is 23.8. The van der Waals surface area contributed by atoms with E-state index < -0.39 is 12.2 Å². The van der Waals surface area contributed by atoms with Crippen LogP contribution in [0.3, 0.4) is 0 Å². The predicted molar refractivity (Wildman–Crippen MR) is 186 cm³/mol. The van der Waals surface area contributed by atoms with Crippen molar-refractivity contribution < 1.29 is 23.9 Å². The van der Waals surface area contributed by atoms with Gasteiger partial charge in [-0.05, 0) is 79.3 Å². The number of morpholine rings is 1. The molecule has 0 saturated carbocycles. The van der Waals surface area contributed by atoms with Crippen molar-refractivity contribution in [3.8, 4) is 0 Å². The molecule has 7 rings (SSSR count). The van der Waals surface area contributed by atoms with E-state index in [0.717, 1.165) is 78.8 Å². The average Bonchev–Trinajstić information content (AvgIpc) is 3.30. The number of aromatic nitrogens is 1. The number of nitrogens with zero attached hydrogens (tertiary/aromatic N) is 4. The van der Waals surface area contributed by atoms with Crippen LogP contribution in [0.15, 0.2) is 53.3 Å². The molecule has 5 heterocycles. The maximum Gasteiger partial charge on any atom is 0.410 e. The molecule has 0 bridgehead atoms. The van der Waals surface area contributed by atoms with E-state index in [1.54, 1.807) is 11.0 Å². The molecule has 4 aliphatic rings. The van der Waals surface area contributed by atoms with Gasteiger partial charge in [0, 0.05) is 76.1 Å². The molecule has 2 N–H and O–H groups in total. The van der Waals surface area contributed by atoms with Crippen LogP contribution < -0.4 is 10.9 Å². The van der Waals surface area contributed by atoms with Gasteiger partial charge in [-0.25, -0.2) is 9.59 Å². The normalized spacial score (nSPS) is 20.4. The first kappa shape index (κ1) is 33.1. The minimum atomic E-state index is -0.986. The van der Waals surface area contributed by atoms with Gasteiger partial charge in [0.2, 0.25) is 5.56 Å². The minimum Gasteiger partial charge on any atom is -0.436 e. The van der Waals surface area contributed by atoms with Crippen LogP contribution in [0.2, 0.25) is 0 Å². The Kier molecular flexibility index (Phi) is 9.86. The number of hydrogen-bond donors (Lipinski definition) is 2. The van der Waals surface area contributed by atoms with Gasteiger partial charge in [0.1, 0.15) is 0 Å². The highest BCUT2D eigenvalue weighted by atomic mass is 16.6. The summed E-state index contributed by atoms with van der Waals surface area (Å²) in [5, 5.41) is 3.91. The number of carbonyl (C=O) groups excluding carboxylic acids is 3. The molecular formula is C37H46N6O6. The molecule has 1 aromatic heterocycles. The lowest BCUT2D eigenvalue weighted by Crippen LogP contribution is -2.53. The van der Waals surface area contributed by atoms with Crippen LogP contribution in [0, 0.1) is 6.92 Å². The summed E-state index contributed by atoms with van der Waals surface area (Å²) in [6.45, 7) is 7.96. The van der Waals surface area contributed by atoms with Gasteiger partial charge in [-0.3, -0.25) is 14.5 Å². The lowest BCUT2D eigenvalue weighted by Gasteiger charge is -2.41. The highest BCUT2D eigenvalue weighted by Gasteiger charge is 2.36. The van der Waals surface area contributed by atoms with Gasteiger partial charge in [-0.2, -0.15) is 0 Å². The number of pyridine rings is 1. The van der Waals surface area contributed by atoms with Crippen molar-refractivity contribution in [3.63, 3.8) is 0 Å². The van der Waals surface area contributed by atoms with Gasteiger partial charge in [0.05, 0.1) is 18.7 Å². The van der Waals surface area contributed by atoms with Gasteiger partial charge in [-0.15, -0.1) is 0 Å². The third-order valence-corrected chi connectivity index (χ3v) is 10.7. The van der Waals surface area contributed by atoms with E-state index in [2.05, 4.69) is 15.2 Å². The third kappa shape index (κ3) is 7.45. The molecule has 3 aromatic rings. The molecule has 1 atom stereocenters. The summed E-state index contributed by atoms with van der Waals surface area (Å²) in [6, 6.07) is 15.4. The number of aryl methyl sites for hydroxylation is 1. The molecule has 0 aliphatic carbocycles. The summed E-state index contributed by atoms with van der Waals surface area (Å²) in [5.41, 5.74) is 4.31. The molecule has 0 spiro atoms. The van der Waals surface area contributed by atoms with Crippen LogP contribution in [-0.4, -0.2) is 120 Å². The number of amides is 4. The third-order valence-electron chi connectivity index (χ3n) is 10.7. The zero-order chi connectivity index (χ0) is 33.9. The Labute approximate surface area is 286 Å². The Morgan fingerprint density at radius 1 is 0.878 bits per heavy atom. The molecule has 4 aliphatic heterocycles. The van der Waals surface area contributed by atoms with Gasteiger partial charge in [-0.1, -0.05) is 24.3 Å². The Bertz CT molecular complexity index is 1740. The van der Waals surface area contributed by atoms with E-state index in [9.17, 15) is 19.2 Å². The fraction of sp³-hybridized carbons (Fsp3) is 0.514. The van der Waals surface area contributed by atoms with E-state index in [-0.39, 0.29) is 30.0 Å². The Balaban J connectivity index is 1.02. The first-order valence-corrected chi connectivity index (χ1v) is 17.7. The topological polar surface area (TPSA) is 128 Å². The van der Waals surface area contributed by atoms with Crippen LogP contribution in [-0.2, 0) is 27.1 Å². The number of hydrogen-bond acceptors (Lipinski definition) is 7. The van der Waals surface area contributed by atoms with Crippen molar-refractivity contribution >= 4 is 34.6 Å². The molecule has 3 fully saturated rings. The van der Waals surface area contributed by atoms with Gasteiger partial charge in [0.15, 0.2) is 6.10 Å². The zero-order valence-electron chi connectivity index (χ0n) is 28.2. The molecule has 0 radical (unpaired) electrons. The fourth-order valence-electron chi connectivity index (χ4n) is 7.93. The molecule has 12 heteroatoms.